The molecular weight excluding hydrogens is 214 g/mol. The molecule has 0 bridgehead atoms. The second kappa shape index (κ2) is 3.97. The summed E-state index contributed by atoms with van der Waals surface area (Å²) in [6.07, 6.45) is 1.67. The highest BCUT2D eigenvalue weighted by Crippen LogP contribution is 2.34. The Kier molecular flexibility index (Phi) is 2.45. The molecule has 88 valence electrons. The highest BCUT2D eigenvalue weighted by atomic mass is 15.3. The molecule has 0 amide bonds. The van der Waals surface area contributed by atoms with Crippen molar-refractivity contribution in [3.05, 3.63) is 18.0 Å². The molecule has 2 aliphatic rings. The summed E-state index contributed by atoms with van der Waals surface area (Å²) in [5.74, 6) is 2.08. The lowest BCUT2D eigenvalue weighted by molar-refractivity contribution is 0.470. The summed E-state index contributed by atoms with van der Waals surface area (Å²) >= 11 is 0. The van der Waals surface area contributed by atoms with Gasteiger partial charge in [-0.3, -0.25) is 0 Å². The van der Waals surface area contributed by atoms with Crippen LogP contribution in [-0.2, 0) is 0 Å². The zero-order valence-corrected chi connectivity index (χ0v) is 9.80. The Morgan fingerprint density at radius 1 is 1.53 bits per heavy atom. The molecule has 2 fully saturated rings. The lowest BCUT2D eigenvalue weighted by atomic mass is 9.95. The second-order valence-electron chi connectivity index (χ2n) is 4.83. The molecule has 17 heavy (non-hydrogen) atoms. The molecule has 5 heteroatoms. The largest absolute Gasteiger partial charge is 0.337 e. The van der Waals surface area contributed by atoms with Gasteiger partial charge in [-0.15, -0.1) is 0 Å². The zero-order chi connectivity index (χ0) is 11.8. The maximum atomic E-state index is 8.86. The maximum Gasteiger partial charge on any atom is 0.226 e. The van der Waals surface area contributed by atoms with Gasteiger partial charge in [-0.2, -0.15) is 5.26 Å². The summed E-state index contributed by atoms with van der Waals surface area (Å²) < 4.78 is 0. The minimum Gasteiger partial charge on any atom is -0.337 e. The second-order valence-corrected chi connectivity index (χ2v) is 4.83. The lowest BCUT2D eigenvalue weighted by Gasteiger charge is -2.24. The molecule has 2 aliphatic heterocycles. The Bertz CT molecular complexity index is 466. The van der Waals surface area contributed by atoms with E-state index in [4.69, 9.17) is 5.26 Å². The maximum absolute atomic E-state index is 8.86. The van der Waals surface area contributed by atoms with E-state index >= 15 is 0 Å². The summed E-state index contributed by atoms with van der Waals surface area (Å²) in [5, 5.41) is 12.3. The first-order chi connectivity index (χ1) is 8.29. The quantitative estimate of drug-likeness (QED) is 0.754. The highest BCUT2D eigenvalue weighted by molar-refractivity contribution is 5.37. The first-order valence-corrected chi connectivity index (χ1v) is 6.00. The topological polar surface area (TPSA) is 64.8 Å². The summed E-state index contributed by atoms with van der Waals surface area (Å²) in [4.78, 5) is 10.8. The van der Waals surface area contributed by atoms with Crippen LogP contribution in [0.3, 0.4) is 0 Å². The zero-order valence-electron chi connectivity index (χ0n) is 9.80. The molecule has 2 saturated heterocycles. The molecule has 0 aromatic carbocycles. The van der Waals surface area contributed by atoms with Gasteiger partial charge >= 0.3 is 0 Å². The van der Waals surface area contributed by atoms with Crippen molar-refractivity contribution in [1.29, 1.82) is 5.26 Å². The molecule has 0 aliphatic carbocycles. The Labute approximate surface area is 100 Å². The predicted octanol–water partition coefficient (Wildman–Crippen LogP) is 0.392. The molecule has 0 spiro atoms. The van der Waals surface area contributed by atoms with Gasteiger partial charge in [0.05, 0.1) is 0 Å². The first-order valence-electron chi connectivity index (χ1n) is 6.00. The fourth-order valence-electron chi connectivity index (χ4n) is 2.98. The average Bonchev–Trinajstić information content (AvgIpc) is 2.93. The van der Waals surface area contributed by atoms with Gasteiger partial charge in [0, 0.05) is 31.9 Å². The molecule has 5 nitrogen and oxygen atoms in total. The minimum atomic E-state index is 0.442. The van der Waals surface area contributed by atoms with Crippen molar-refractivity contribution >= 4 is 5.95 Å². The molecule has 0 radical (unpaired) electrons. The Morgan fingerprint density at radius 3 is 3.18 bits per heavy atom. The van der Waals surface area contributed by atoms with Crippen molar-refractivity contribution in [2.24, 2.45) is 11.8 Å². The minimum absolute atomic E-state index is 0.442. The van der Waals surface area contributed by atoms with Crippen LogP contribution in [0.5, 0.6) is 0 Å². The van der Waals surface area contributed by atoms with Gasteiger partial charge in [-0.25, -0.2) is 9.97 Å². The van der Waals surface area contributed by atoms with E-state index in [0.29, 0.717) is 29.5 Å². The third-order valence-electron chi connectivity index (χ3n) is 3.95. The molecule has 3 rings (SSSR count). The SMILES string of the molecule is CC1C2CNCC2CN1c1nccc(C#N)n1. The monoisotopic (exact) mass is 229 g/mol. The van der Waals surface area contributed by atoms with Gasteiger partial charge in [0.25, 0.3) is 0 Å². The number of aromatic nitrogens is 2. The van der Waals surface area contributed by atoms with Gasteiger partial charge in [-0.05, 0) is 24.8 Å². The van der Waals surface area contributed by atoms with Crippen molar-refractivity contribution in [3.8, 4) is 6.07 Å². The number of hydrogen-bond donors (Lipinski definition) is 1. The average molecular weight is 229 g/mol. The predicted molar refractivity (Wildman–Crippen MR) is 63.4 cm³/mol. The van der Waals surface area contributed by atoms with Crippen LogP contribution < -0.4 is 10.2 Å². The number of nitriles is 1. The van der Waals surface area contributed by atoms with Crippen LogP contribution in [0.15, 0.2) is 12.3 Å². The van der Waals surface area contributed by atoms with Crippen LogP contribution in [0.1, 0.15) is 12.6 Å². The number of rotatable bonds is 1. The molecule has 1 N–H and O–H groups in total. The summed E-state index contributed by atoms with van der Waals surface area (Å²) in [6, 6.07) is 4.16. The van der Waals surface area contributed by atoms with E-state index in [-0.39, 0.29) is 0 Å². The molecule has 3 atom stereocenters. The van der Waals surface area contributed by atoms with Crippen molar-refractivity contribution in [2.75, 3.05) is 24.5 Å². The van der Waals surface area contributed by atoms with E-state index in [1.165, 1.54) is 0 Å². The van der Waals surface area contributed by atoms with Crippen LogP contribution >= 0.6 is 0 Å². The van der Waals surface area contributed by atoms with Crippen LogP contribution in [0.4, 0.5) is 5.95 Å². The fourth-order valence-corrected chi connectivity index (χ4v) is 2.98. The third-order valence-corrected chi connectivity index (χ3v) is 3.95. The van der Waals surface area contributed by atoms with Gasteiger partial charge in [0.1, 0.15) is 11.8 Å². The fraction of sp³-hybridized carbons (Fsp3) is 0.583. The van der Waals surface area contributed by atoms with Crippen LogP contribution in [-0.4, -0.2) is 35.6 Å². The van der Waals surface area contributed by atoms with Crippen LogP contribution in [0.25, 0.3) is 0 Å². The molecule has 1 aromatic heterocycles. The summed E-state index contributed by atoms with van der Waals surface area (Å²) in [5.41, 5.74) is 0.442. The Balaban J connectivity index is 1.88. The van der Waals surface area contributed by atoms with Gasteiger partial charge < -0.3 is 10.2 Å². The van der Waals surface area contributed by atoms with Gasteiger partial charge in [-0.1, -0.05) is 0 Å². The van der Waals surface area contributed by atoms with E-state index in [0.717, 1.165) is 19.6 Å². The van der Waals surface area contributed by atoms with E-state index in [1.807, 2.05) is 0 Å². The molecular formula is C12H15N5. The summed E-state index contributed by atoms with van der Waals surface area (Å²) in [7, 11) is 0. The van der Waals surface area contributed by atoms with Crippen molar-refractivity contribution < 1.29 is 0 Å². The molecule has 3 heterocycles. The number of fused-ring (bicyclic) bond motifs is 1. The van der Waals surface area contributed by atoms with E-state index in [2.05, 4.69) is 33.2 Å². The van der Waals surface area contributed by atoms with E-state index in [9.17, 15) is 0 Å². The molecule has 0 saturated carbocycles. The number of hydrogen-bond acceptors (Lipinski definition) is 5. The Morgan fingerprint density at radius 2 is 2.41 bits per heavy atom. The highest BCUT2D eigenvalue weighted by Gasteiger charge is 2.42. The standard InChI is InChI=1S/C12H15N5/c1-8-11-6-14-5-9(11)7-17(8)12-15-3-2-10(4-13)16-12/h2-3,8-9,11,14H,5-7H2,1H3. The van der Waals surface area contributed by atoms with Crippen LogP contribution in [0.2, 0.25) is 0 Å². The molecule has 1 aromatic rings. The van der Waals surface area contributed by atoms with Gasteiger partial charge in [0.15, 0.2) is 0 Å². The van der Waals surface area contributed by atoms with Crippen LogP contribution in [0, 0.1) is 23.2 Å². The van der Waals surface area contributed by atoms with Crippen molar-refractivity contribution in [1.82, 2.24) is 15.3 Å². The number of anilines is 1. The first kappa shape index (κ1) is 10.5. The van der Waals surface area contributed by atoms with E-state index in [1.54, 1.807) is 12.3 Å². The van der Waals surface area contributed by atoms with E-state index < -0.39 is 0 Å². The number of nitrogens with one attached hydrogen (secondary N) is 1. The molecule has 3 unspecified atom stereocenters. The normalized spacial score (nSPS) is 31.3. The third kappa shape index (κ3) is 1.65. The summed E-state index contributed by atoms with van der Waals surface area (Å²) in [6.45, 7) is 5.39. The lowest BCUT2D eigenvalue weighted by Crippen LogP contribution is -2.34. The van der Waals surface area contributed by atoms with Crippen molar-refractivity contribution in [2.45, 2.75) is 13.0 Å². The van der Waals surface area contributed by atoms with Gasteiger partial charge in [0.2, 0.25) is 5.95 Å². The van der Waals surface area contributed by atoms with Crippen molar-refractivity contribution in [3.63, 3.8) is 0 Å². The Hall–Kier alpha value is -1.67. The number of nitrogens with zero attached hydrogens (tertiary/aromatic N) is 4. The smallest absolute Gasteiger partial charge is 0.226 e.